The molecule has 0 aromatic heterocycles. The third kappa shape index (κ3) is 5.05. The van der Waals surface area contributed by atoms with E-state index in [1.165, 1.54) is 12.1 Å². The molecule has 144 valence electrons. The summed E-state index contributed by atoms with van der Waals surface area (Å²) in [7, 11) is 3.70. The molecule has 0 radical (unpaired) electrons. The van der Waals surface area contributed by atoms with Crippen molar-refractivity contribution in [1.29, 1.82) is 0 Å². The van der Waals surface area contributed by atoms with E-state index < -0.39 is 0 Å². The number of piperazine rings is 1. The number of rotatable bonds is 6. The van der Waals surface area contributed by atoms with Gasteiger partial charge in [-0.2, -0.15) is 0 Å². The molecule has 1 heterocycles. The van der Waals surface area contributed by atoms with Crippen LogP contribution in [0.25, 0.3) is 0 Å². The number of likely N-dealkylation sites (N-methyl/N-ethyl adjacent to an activating group) is 1. The van der Waals surface area contributed by atoms with Crippen LogP contribution in [0.15, 0.2) is 48.5 Å². The highest BCUT2D eigenvalue weighted by Gasteiger charge is 2.24. The zero-order chi connectivity index (χ0) is 19.2. The van der Waals surface area contributed by atoms with Crippen molar-refractivity contribution in [3.63, 3.8) is 0 Å². The van der Waals surface area contributed by atoms with E-state index in [4.69, 9.17) is 4.74 Å². The quantitative estimate of drug-likeness (QED) is 0.848. The first-order valence-corrected chi connectivity index (χ1v) is 9.17. The fourth-order valence-corrected chi connectivity index (χ4v) is 3.31. The van der Waals surface area contributed by atoms with Crippen molar-refractivity contribution in [2.24, 2.45) is 0 Å². The van der Waals surface area contributed by atoms with E-state index >= 15 is 0 Å². The van der Waals surface area contributed by atoms with Gasteiger partial charge in [0.25, 0.3) is 5.91 Å². The molecule has 0 aliphatic carbocycles. The van der Waals surface area contributed by atoms with Gasteiger partial charge in [-0.15, -0.1) is 0 Å². The van der Waals surface area contributed by atoms with Crippen molar-refractivity contribution in [2.75, 3.05) is 46.9 Å². The first-order valence-electron chi connectivity index (χ1n) is 9.17. The van der Waals surface area contributed by atoms with E-state index in [1.54, 1.807) is 43.5 Å². The number of hydrogen-bond donors (Lipinski definition) is 1. The van der Waals surface area contributed by atoms with Crippen LogP contribution in [0.2, 0.25) is 0 Å². The molecular formula is C21H26FN3O2. The average Bonchev–Trinajstić information content (AvgIpc) is 2.70. The van der Waals surface area contributed by atoms with Gasteiger partial charge in [-0.05, 0) is 49.0 Å². The lowest BCUT2D eigenvalue weighted by atomic mass is 10.0. The molecule has 1 saturated heterocycles. The second kappa shape index (κ2) is 8.97. The monoisotopic (exact) mass is 371 g/mol. The highest BCUT2D eigenvalue weighted by Crippen LogP contribution is 2.22. The molecule has 1 aliphatic heterocycles. The molecule has 0 bridgehead atoms. The molecule has 1 N–H and O–H groups in total. The summed E-state index contributed by atoms with van der Waals surface area (Å²) in [5.41, 5.74) is 1.60. The van der Waals surface area contributed by atoms with Crippen molar-refractivity contribution in [1.82, 2.24) is 15.1 Å². The lowest BCUT2D eigenvalue weighted by Gasteiger charge is -2.38. The predicted molar refractivity (Wildman–Crippen MR) is 104 cm³/mol. The van der Waals surface area contributed by atoms with Gasteiger partial charge in [0.15, 0.2) is 0 Å². The van der Waals surface area contributed by atoms with E-state index in [0.29, 0.717) is 17.9 Å². The number of nitrogens with zero attached hydrogens (tertiary/aromatic N) is 2. The van der Waals surface area contributed by atoms with Crippen LogP contribution in [0.3, 0.4) is 0 Å². The smallest absolute Gasteiger partial charge is 0.251 e. The van der Waals surface area contributed by atoms with Crippen LogP contribution in [-0.4, -0.2) is 62.6 Å². The summed E-state index contributed by atoms with van der Waals surface area (Å²) in [5, 5.41) is 3.03. The van der Waals surface area contributed by atoms with Gasteiger partial charge in [0.05, 0.1) is 13.2 Å². The summed E-state index contributed by atoms with van der Waals surface area (Å²) in [4.78, 5) is 17.2. The number of carbonyl (C=O) groups excluding carboxylic acids is 1. The fourth-order valence-electron chi connectivity index (χ4n) is 3.31. The Labute approximate surface area is 159 Å². The van der Waals surface area contributed by atoms with Gasteiger partial charge in [0.2, 0.25) is 0 Å². The van der Waals surface area contributed by atoms with E-state index in [0.717, 1.165) is 31.7 Å². The minimum Gasteiger partial charge on any atom is -0.497 e. The number of nitrogens with one attached hydrogen (secondary N) is 1. The predicted octanol–water partition coefficient (Wildman–Crippen LogP) is 2.55. The van der Waals surface area contributed by atoms with Crippen molar-refractivity contribution in [2.45, 2.75) is 6.04 Å². The summed E-state index contributed by atoms with van der Waals surface area (Å²) in [6.07, 6.45) is 0. The Balaban J connectivity index is 1.70. The van der Waals surface area contributed by atoms with Crippen LogP contribution in [0, 0.1) is 5.82 Å². The van der Waals surface area contributed by atoms with Crippen LogP contribution < -0.4 is 10.1 Å². The molecule has 1 amide bonds. The molecule has 5 nitrogen and oxygen atoms in total. The molecule has 0 saturated carbocycles. The summed E-state index contributed by atoms with van der Waals surface area (Å²) < 4.78 is 18.5. The summed E-state index contributed by atoms with van der Waals surface area (Å²) >= 11 is 0. The number of ether oxygens (including phenoxy) is 1. The lowest BCUT2D eigenvalue weighted by Crippen LogP contribution is -2.48. The first kappa shape index (κ1) is 19.3. The topological polar surface area (TPSA) is 44.8 Å². The van der Waals surface area contributed by atoms with Crippen LogP contribution in [-0.2, 0) is 0 Å². The van der Waals surface area contributed by atoms with E-state index in [-0.39, 0.29) is 17.8 Å². The maximum absolute atomic E-state index is 13.3. The first-order chi connectivity index (χ1) is 13.1. The minimum atomic E-state index is -0.252. The number of carbonyl (C=O) groups is 1. The van der Waals surface area contributed by atoms with Crippen molar-refractivity contribution >= 4 is 5.91 Å². The third-order valence-corrected chi connectivity index (χ3v) is 5.04. The summed E-state index contributed by atoms with van der Waals surface area (Å²) in [6, 6.07) is 13.6. The second-order valence-electron chi connectivity index (χ2n) is 6.85. The highest BCUT2D eigenvalue weighted by atomic mass is 19.1. The van der Waals surface area contributed by atoms with Crippen molar-refractivity contribution in [3.05, 3.63) is 65.5 Å². The lowest BCUT2D eigenvalue weighted by molar-refractivity contribution is 0.0886. The number of benzene rings is 2. The SMILES string of the molecule is COc1ccc(C(=O)NCC(c2ccc(F)cc2)N2CCN(C)CC2)cc1. The number of methoxy groups -OCH3 is 1. The normalized spacial score (nSPS) is 16.7. The standard InChI is InChI=1S/C21H26FN3O2/c1-24-11-13-25(14-12-24)20(16-3-7-18(22)8-4-16)15-23-21(26)17-5-9-19(27-2)10-6-17/h3-10,20H,11-15H2,1-2H3,(H,23,26). The van der Waals surface area contributed by atoms with Crippen LogP contribution in [0.5, 0.6) is 5.75 Å². The van der Waals surface area contributed by atoms with Gasteiger partial charge in [0, 0.05) is 38.3 Å². The zero-order valence-electron chi connectivity index (χ0n) is 15.8. The molecule has 6 heteroatoms. The van der Waals surface area contributed by atoms with Gasteiger partial charge < -0.3 is 15.0 Å². The molecule has 27 heavy (non-hydrogen) atoms. The Bertz CT molecular complexity index is 741. The molecule has 1 atom stereocenters. The Hall–Kier alpha value is -2.44. The summed E-state index contributed by atoms with van der Waals surface area (Å²) in [5.74, 6) is 0.338. The molecule has 1 fully saturated rings. The number of halogens is 1. The van der Waals surface area contributed by atoms with Gasteiger partial charge >= 0.3 is 0 Å². The van der Waals surface area contributed by atoms with Crippen LogP contribution >= 0.6 is 0 Å². The minimum absolute atomic E-state index is 0.0153. The van der Waals surface area contributed by atoms with Crippen LogP contribution in [0.1, 0.15) is 22.0 Å². The zero-order valence-corrected chi connectivity index (χ0v) is 15.8. The fraction of sp³-hybridized carbons (Fsp3) is 0.381. The van der Waals surface area contributed by atoms with E-state index in [2.05, 4.69) is 22.2 Å². The second-order valence-corrected chi connectivity index (χ2v) is 6.85. The van der Waals surface area contributed by atoms with Gasteiger partial charge in [-0.25, -0.2) is 4.39 Å². The van der Waals surface area contributed by atoms with Crippen LogP contribution in [0.4, 0.5) is 4.39 Å². The van der Waals surface area contributed by atoms with E-state index in [1.807, 2.05) is 0 Å². The molecule has 1 aliphatic rings. The third-order valence-electron chi connectivity index (χ3n) is 5.04. The molecule has 1 unspecified atom stereocenters. The summed E-state index contributed by atoms with van der Waals surface area (Å²) in [6.45, 7) is 4.25. The van der Waals surface area contributed by atoms with Gasteiger partial charge in [-0.1, -0.05) is 12.1 Å². The van der Waals surface area contributed by atoms with Crippen molar-refractivity contribution < 1.29 is 13.9 Å². The Morgan fingerprint density at radius 2 is 1.70 bits per heavy atom. The number of amides is 1. The molecule has 2 aromatic carbocycles. The molecular weight excluding hydrogens is 345 g/mol. The van der Waals surface area contributed by atoms with Crippen molar-refractivity contribution in [3.8, 4) is 5.75 Å². The Morgan fingerprint density at radius 1 is 1.07 bits per heavy atom. The molecule has 3 rings (SSSR count). The van der Waals surface area contributed by atoms with Gasteiger partial charge in [0.1, 0.15) is 11.6 Å². The largest absolute Gasteiger partial charge is 0.497 e. The van der Waals surface area contributed by atoms with E-state index in [9.17, 15) is 9.18 Å². The average molecular weight is 371 g/mol. The maximum atomic E-state index is 13.3. The Kier molecular flexibility index (Phi) is 6.42. The maximum Gasteiger partial charge on any atom is 0.251 e. The number of hydrogen-bond acceptors (Lipinski definition) is 4. The highest BCUT2D eigenvalue weighted by molar-refractivity contribution is 5.94. The van der Waals surface area contributed by atoms with Gasteiger partial charge in [-0.3, -0.25) is 9.69 Å². The molecule has 2 aromatic rings. The molecule has 0 spiro atoms. The Morgan fingerprint density at radius 3 is 2.30 bits per heavy atom.